The van der Waals surface area contributed by atoms with E-state index < -0.39 is 0 Å². The number of carbonyl (C=O) groups is 1. The van der Waals surface area contributed by atoms with Gasteiger partial charge in [0.15, 0.2) is 0 Å². The van der Waals surface area contributed by atoms with E-state index in [4.69, 9.17) is 0 Å². The fourth-order valence-electron chi connectivity index (χ4n) is 0.408. The van der Waals surface area contributed by atoms with Crippen LogP contribution in [0.15, 0.2) is 30.6 Å². The highest BCUT2D eigenvalue weighted by atomic mass is 16.2. The number of rotatable bonds is 2. The zero-order valence-electron chi connectivity index (χ0n) is 5.95. The van der Waals surface area contributed by atoms with Gasteiger partial charge in [-0.1, -0.05) is 13.2 Å². The van der Waals surface area contributed by atoms with Crippen molar-refractivity contribution in [3.8, 4) is 0 Å². The van der Waals surface area contributed by atoms with Crippen molar-refractivity contribution < 1.29 is 4.79 Å². The van der Waals surface area contributed by atoms with Gasteiger partial charge in [-0.05, 0) is 6.92 Å². The minimum atomic E-state index is -0.382. The van der Waals surface area contributed by atoms with Crippen molar-refractivity contribution in [1.29, 1.82) is 0 Å². The minimum Gasteiger partial charge on any atom is -0.276 e. The summed E-state index contributed by atoms with van der Waals surface area (Å²) in [7, 11) is 0. The third kappa shape index (κ3) is 2.26. The molecule has 0 fully saturated rings. The fraction of sp³-hybridized carbons (Fsp3) is 0.143. The molecule has 54 valence electrons. The summed E-state index contributed by atoms with van der Waals surface area (Å²) in [6.45, 7) is 8.46. The summed E-state index contributed by atoms with van der Waals surface area (Å²) in [5.41, 5.74) is 0. The lowest BCUT2D eigenvalue weighted by atomic mass is 10.7. The molecule has 0 radical (unpaired) electrons. The molecule has 0 N–H and O–H groups in total. The second-order valence-electron chi connectivity index (χ2n) is 1.44. The molecule has 0 saturated heterocycles. The Bertz CT molecular complexity index is 164. The largest absolute Gasteiger partial charge is 0.351 e. The number of nitrogens with zero attached hydrogens (tertiary/aromatic N) is 2. The summed E-state index contributed by atoms with van der Waals surface area (Å²) >= 11 is 0. The standard InChI is InChI=1S/C7H10N2O/c1-4-8-7(10)9(5-2)6-3/h4-6H,2-3H2,1H3. The summed E-state index contributed by atoms with van der Waals surface area (Å²) in [6, 6.07) is -0.382. The summed E-state index contributed by atoms with van der Waals surface area (Å²) < 4.78 is 0. The van der Waals surface area contributed by atoms with Crippen LogP contribution in [0.1, 0.15) is 6.92 Å². The van der Waals surface area contributed by atoms with Gasteiger partial charge in [-0.15, -0.1) is 0 Å². The van der Waals surface area contributed by atoms with E-state index in [-0.39, 0.29) is 6.03 Å². The maximum absolute atomic E-state index is 10.8. The lowest BCUT2D eigenvalue weighted by Gasteiger charge is -2.06. The maximum atomic E-state index is 10.8. The first kappa shape index (κ1) is 8.62. The zero-order valence-corrected chi connectivity index (χ0v) is 5.95. The van der Waals surface area contributed by atoms with Crippen LogP contribution in [0.4, 0.5) is 4.79 Å². The Morgan fingerprint density at radius 3 is 2.30 bits per heavy atom. The van der Waals surface area contributed by atoms with Crippen molar-refractivity contribution in [1.82, 2.24) is 4.90 Å². The Balaban J connectivity index is 4.14. The molecular formula is C7H10N2O. The van der Waals surface area contributed by atoms with Gasteiger partial charge in [0.1, 0.15) is 0 Å². The van der Waals surface area contributed by atoms with Crippen LogP contribution in [0.3, 0.4) is 0 Å². The predicted octanol–water partition coefficient (Wildman–Crippen LogP) is 1.79. The van der Waals surface area contributed by atoms with Crippen LogP contribution in [0.5, 0.6) is 0 Å². The molecule has 0 atom stereocenters. The molecule has 0 aromatic rings. The van der Waals surface area contributed by atoms with Gasteiger partial charge >= 0.3 is 6.03 Å². The maximum Gasteiger partial charge on any atom is 0.351 e. The van der Waals surface area contributed by atoms with Crippen molar-refractivity contribution in [2.75, 3.05) is 0 Å². The molecule has 10 heavy (non-hydrogen) atoms. The third-order valence-corrected chi connectivity index (χ3v) is 0.854. The third-order valence-electron chi connectivity index (χ3n) is 0.854. The molecule has 0 bridgehead atoms. The van der Waals surface area contributed by atoms with E-state index >= 15 is 0 Å². The number of hydrogen-bond donors (Lipinski definition) is 0. The Morgan fingerprint density at radius 1 is 1.50 bits per heavy atom. The SMILES string of the molecule is C=CN(C=C)C(=O)N=CC. The second-order valence-corrected chi connectivity index (χ2v) is 1.44. The number of aliphatic imine (C=N–C) groups is 1. The molecule has 3 heteroatoms. The Hall–Kier alpha value is -1.38. The fourth-order valence-corrected chi connectivity index (χ4v) is 0.408. The van der Waals surface area contributed by atoms with E-state index in [1.54, 1.807) is 6.92 Å². The molecule has 0 aliphatic rings. The van der Waals surface area contributed by atoms with Crippen LogP contribution < -0.4 is 0 Å². The van der Waals surface area contributed by atoms with Gasteiger partial charge in [-0.25, -0.2) is 9.79 Å². The molecule has 3 nitrogen and oxygen atoms in total. The van der Waals surface area contributed by atoms with Crippen LogP contribution in [0, 0.1) is 0 Å². The van der Waals surface area contributed by atoms with E-state index in [0.29, 0.717) is 0 Å². The molecule has 0 heterocycles. The van der Waals surface area contributed by atoms with Gasteiger partial charge in [0.2, 0.25) is 0 Å². The molecule has 0 aliphatic carbocycles. The molecule has 0 spiro atoms. The summed E-state index contributed by atoms with van der Waals surface area (Å²) in [5, 5.41) is 0. The highest BCUT2D eigenvalue weighted by Crippen LogP contribution is 1.92. The highest BCUT2D eigenvalue weighted by molar-refractivity contribution is 5.84. The average molecular weight is 138 g/mol. The van der Waals surface area contributed by atoms with Crippen molar-refractivity contribution in [2.24, 2.45) is 4.99 Å². The molecule has 0 unspecified atom stereocenters. The quantitative estimate of drug-likeness (QED) is 0.535. The number of carbonyl (C=O) groups excluding carboxylic acids is 1. The first-order valence-electron chi connectivity index (χ1n) is 2.82. The first-order valence-corrected chi connectivity index (χ1v) is 2.82. The van der Waals surface area contributed by atoms with E-state index in [1.807, 2.05) is 0 Å². The van der Waals surface area contributed by atoms with E-state index in [9.17, 15) is 4.79 Å². The van der Waals surface area contributed by atoms with Gasteiger partial charge in [0.25, 0.3) is 0 Å². The second kappa shape index (κ2) is 4.49. The normalized spacial score (nSPS) is 9.30. The zero-order chi connectivity index (χ0) is 7.98. The van der Waals surface area contributed by atoms with Gasteiger partial charge in [0.05, 0.1) is 0 Å². The lowest BCUT2D eigenvalue weighted by Crippen LogP contribution is -2.14. The lowest BCUT2D eigenvalue weighted by molar-refractivity contribution is 0.236. The van der Waals surface area contributed by atoms with Crippen LogP contribution >= 0.6 is 0 Å². The van der Waals surface area contributed by atoms with Crippen LogP contribution in [-0.2, 0) is 0 Å². The molecule has 0 aromatic carbocycles. The molecule has 2 amide bonds. The number of hydrogen-bond acceptors (Lipinski definition) is 1. The highest BCUT2D eigenvalue weighted by Gasteiger charge is 2.00. The molecular weight excluding hydrogens is 128 g/mol. The van der Waals surface area contributed by atoms with Gasteiger partial charge < -0.3 is 0 Å². The van der Waals surface area contributed by atoms with Gasteiger partial charge in [-0.3, -0.25) is 4.90 Å². The Kier molecular flexibility index (Phi) is 3.87. The number of urea groups is 1. The summed E-state index contributed by atoms with van der Waals surface area (Å²) in [5.74, 6) is 0. The van der Waals surface area contributed by atoms with Crippen LogP contribution in [-0.4, -0.2) is 17.1 Å². The Labute approximate surface area is 60.4 Å². The number of amides is 2. The van der Waals surface area contributed by atoms with Crippen molar-refractivity contribution >= 4 is 12.2 Å². The van der Waals surface area contributed by atoms with Crippen molar-refractivity contribution in [3.63, 3.8) is 0 Å². The first-order chi connectivity index (χ1) is 4.76. The molecule has 0 aliphatic heterocycles. The van der Waals surface area contributed by atoms with Gasteiger partial charge in [0, 0.05) is 18.6 Å². The van der Waals surface area contributed by atoms with Crippen LogP contribution in [0.2, 0.25) is 0 Å². The molecule has 0 aromatic heterocycles. The van der Waals surface area contributed by atoms with Gasteiger partial charge in [-0.2, -0.15) is 0 Å². The topological polar surface area (TPSA) is 32.7 Å². The monoisotopic (exact) mass is 138 g/mol. The van der Waals surface area contributed by atoms with E-state index in [1.165, 1.54) is 23.5 Å². The van der Waals surface area contributed by atoms with E-state index in [2.05, 4.69) is 18.2 Å². The van der Waals surface area contributed by atoms with Crippen molar-refractivity contribution in [3.05, 3.63) is 25.6 Å². The van der Waals surface area contributed by atoms with Crippen molar-refractivity contribution in [2.45, 2.75) is 6.92 Å². The van der Waals surface area contributed by atoms with Crippen LogP contribution in [0.25, 0.3) is 0 Å². The molecule has 0 rings (SSSR count). The minimum absolute atomic E-state index is 0.382. The predicted molar refractivity (Wildman–Crippen MR) is 41.8 cm³/mol. The Morgan fingerprint density at radius 2 is 2.00 bits per heavy atom. The smallest absolute Gasteiger partial charge is 0.276 e. The average Bonchev–Trinajstić information content (AvgIpc) is 1.91. The molecule has 0 saturated carbocycles. The summed E-state index contributed by atoms with van der Waals surface area (Å²) in [4.78, 5) is 15.5. The van der Waals surface area contributed by atoms with E-state index in [0.717, 1.165) is 0 Å². The summed E-state index contributed by atoms with van der Waals surface area (Å²) in [6.07, 6.45) is 4.12.